The lowest BCUT2D eigenvalue weighted by Gasteiger charge is -2.28. The lowest BCUT2D eigenvalue weighted by atomic mass is 10.1. The maximum Gasteiger partial charge on any atom is 0.225 e. The van der Waals surface area contributed by atoms with Gasteiger partial charge < -0.3 is 10.2 Å². The highest BCUT2D eigenvalue weighted by molar-refractivity contribution is 8.00. The lowest BCUT2D eigenvalue weighted by Crippen LogP contribution is -2.39. The molecule has 0 aliphatic carbocycles. The molecule has 2 rings (SSSR count). The van der Waals surface area contributed by atoms with Gasteiger partial charge in [-0.25, -0.2) is 0 Å². The van der Waals surface area contributed by atoms with Crippen molar-refractivity contribution in [1.29, 1.82) is 0 Å². The summed E-state index contributed by atoms with van der Waals surface area (Å²) in [5.41, 5.74) is 1.19. The number of hydrogen-bond acceptors (Lipinski definition) is 3. The SMILES string of the molecule is CC(C)N(Cc1ccccc1)C(=O)CC1NCCS1. The van der Waals surface area contributed by atoms with Crippen molar-refractivity contribution in [3.63, 3.8) is 0 Å². The normalized spacial score (nSPS) is 18.8. The van der Waals surface area contributed by atoms with Crippen molar-refractivity contribution in [2.24, 2.45) is 0 Å². The fourth-order valence-corrected chi connectivity index (χ4v) is 3.24. The minimum atomic E-state index is 0.235. The summed E-state index contributed by atoms with van der Waals surface area (Å²) in [6.45, 7) is 5.88. The second kappa shape index (κ2) is 6.96. The van der Waals surface area contributed by atoms with Gasteiger partial charge in [-0.05, 0) is 19.4 Å². The van der Waals surface area contributed by atoms with Crippen LogP contribution in [0, 0.1) is 0 Å². The molecule has 1 heterocycles. The van der Waals surface area contributed by atoms with Crippen LogP contribution in [0.1, 0.15) is 25.8 Å². The highest BCUT2D eigenvalue weighted by Crippen LogP contribution is 2.19. The predicted octanol–water partition coefficient (Wildman–Crippen LogP) is 2.48. The number of amides is 1. The highest BCUT2D eigenvalue weighted by Gasteiger charge is 2.23. The zero-order valence-electron chi connectivity index (χ0n) is 11.6. The van der Waals surface area contributed by atoms with Gasteiger partial charge in [-0.1, -0.05) is 30.3 Å². The first-order valence-electron chi connectivity index (χ1n) is 6.85. The van der Waals surface area contributed by atoms with E-state index in [1.54, 1.807) is 0 Å². The molecule has 4 heteroatoms. The van der Waals surface area contributed by atoms with Crippen molar-refractivity contribution < 1.29 is 4.79 Å². The summed E-state index contributed by atoms with van der Waals surface area (Å²) in [7, 11) is 0. The molecule has 1 amide bonds. The average Bonchev–Trinajstić information content (AvgIpc) is 2.89. The Bertz CT molecular complexity index is 402. The fraction of sp³-hybridized carbons (Fsp3) is 0.533. The quantitative estimate of drug-likeness (QED) is 0.898. The number of hydrogen-bond donors (Lipinski definition) is 1. The van der Waals surface area contributed by atoms with Crippen molar-refractivity contribution in [3.8, 4) is 0 Å². The number of carbonyl (C=O) groups is 1. The van der Waals surface area contributed by atoms with Crippen molar-refractivity contribution in [1.82, 2.24) is 10.2 Å². The van der Waals surface area contributed by atoms with Crippen LogP contribution in [0.15, 0.2) is 30.3 Å². The van der Waals surface area contributed by atoms with E-state index in [9.17, 15) is 4.79 Å². The van der Waals surface area contributed by atoms with Crippen LogP contribution >= 0.6 is 11.8 Å². The first-order valence-corrected chi connectivity index (χ1v) is 7.90. The molecule has 1 aromatic carbocycles. The third kappa shape index (κ3) is 4.25. The van der Waals surface area contributed by atoms with Gasteiger partial charge in [0.1, 0.15) is 0 Å². The largest absolute Gasteiger partial charge is 0.336 e. The predicted molar refractivity (Wildman–Crippen MR) is 81.0 cm³/mol. The van der Waals surface area contributed by atoms with Gasteiger partial charge >= 0.3 is 0 Å². The monoisotopic (exact) mass is 278 g/mol. The first-order chi connectivity index (χ1) is 9.16. The summed E-state index contributed by atoms with van der Waals surface area (Å²) in [6.07, 6.45) is 0.593. The molecular formula is C15H22N2OS. The van der Waals surface area contributed by atoms with Crippen LogP contribution in [0.3, 0.4) is 0 Å². The molecule has 1 aliphatic rings. The summed E-state index contributed by atoms with van der Waals surface area (Å²) in [4.78, 5) is 14.4. The van der Waals surface area contributed by atoms with E-state index in [0.29, 0.717) is 18.3 Å². The number of carbonyl (C=O) groups excluding carboxylic acids is 1. The molecule has 1 unspecified atom stereocenters. The van der Waals surface area contributed by atoms with Gasteiger partial charge in [-0.3, -0.25) is 4.79 Å². The van der Waals surface area contributed by atoms with E-state index in [1.807, 2.05) is 34.9 Å². The maximum absolute atomic E-state index is 12.4. The summed E-state index contributed by atoms with van der Waals surface area (Å²) >= 11 is 1.85. The molecule has 0 radical (unpaired) electrons. The molecule has 19 heavy (non-hydrogen) atoms. The van der Waals surface area contributed by atoms with E-state index >= 15 is 0 Å². The van der Waals surface area contributed by atoms with Gasteiger partial charge in [-0.2, -0.15) is 0 Å². The number of benzene rings is 1. The Morgan fingerprint density at radius 2 is 2.16 bits per heavy atom. The summed E-state index contributed by atoms with van der Waals surface area (Å²) in [5.74, 6) is 1.35. The van der Waals surface area contributed by atoms with Crippen LogP contribution < -0.4 is 5.32 Å². The Kier molecular flexibility index (Phi) is 5.28. The van der Waals surface area contributed by atoms with E-state index in [0.717, 1.165) is 12.3 Å². The molecule has 0 bridgehead atoms. The van der Waals surface area contributed by atoms with Gasteiger partial charge in [0.05, 0.1) is 11.8 Å². The minimum Gasteiger partial charge on any atom is -0.336 e. The molecule has 1 N–H and O–H groups in total. The molecule has 1 aromatic rings. The van der Waals surface area contributed by atoms with E-state index in [2.05, 4.69) is 31.3 Å². The Morgan fingerprint density at radius 1 is 1.42 bits per heavy atom. The van der Waals surface area contributed by atoms with E-state index in [1.165, 1.54) is 5.56 Å². The van der Waals surface area contributed by atoms with E-state index in [-0.39, 0.29) is 11.9 Å². The van der Waals surface area contributed by atoms with Crippen LogP contribution in [-0.2, 0) is 11.3 Å². The second-order valence-corrected chi connectivity index (χ2v) is 6.43. The number of thioether (sulfide) groups is 1. The Balaban J connectivity index is 1.96. The smallest absolute Gasteiger partial charge is 0.225 e. The van der Waals surface area contributed by atoms with Gasteiger partial charge in [-0.15, -0.1) is 11.8 Å². The van der Waals surface area contributed by atoms with Gasteiger partial charge in [0.2, 0.25) is 5.91 Å². The van der Waals surface area contributed by atoms with Crippen molar-refractivity contribution in [2.45, 2.75) is 38.2 Å². The zero-order chi connectivity index (χ0) is 13.7. The Hall–Kier alpha value is -1.00. The fourth-order valence-electron chi connectivity index (χ4n) is 2.23. The standard InChI is InChI=1S/C15H22N2OS/c1-12(2)17(11-13-6-4-3-5-7-13)15(18)10-14-16-8-9-19-14/h3-7,12,14,16H,8-11H2,1-2H3. The number of nitrogens with zero attached hydrogens (tertiary/aromatic N) is 1. The molecule has 3 nitrogen and oxygen atoms in total. The van der Waals surface area contributed by atoms with Gasteiger partial charge in [0, 0.05) is 24.9 Å². The molecule has 104 valence electrons. The third-order valence-corrected chi connectivity index (χ3v) is 4.47. The average molecular weight is 278 g/mol. The molecule has 1 fully saturated rings. The van der Waals surface area contributed by atoms with Crippen LogP contribution in [0.25, 0.3) is 0 Å². The topological polar surface area (TPSA) is 32.3 Å². The Labute approximate surface area is 119 Å². The molecule has 1 atom stereocenters. The van der Waals surface area contributed by atoms with Gasteiger partial charge in [0.15, 0.2) is 0 Å². The lowest BCUT2D eigenvalue weighted by molar-refractivity contribution is -0.133. The summed E-state index contributed by atoms with van der Waals surface area (Å²) in [5, 5.41) is 3.66. The van der Waals surface area contributed by atoms with Crippen LogP contribution in [-0.4, -0.2) is 34.5 Å². The molecule has 0 saturated carbocycles. The highest BCUT2D eigenvalue weighted by atomic mass is 32.2. The van der Waals surface area contributed by atoms with Crippen LogP contribution in [0.2, 0.25) is 0 Å². The van der Waals surface area contributed by atoms with Crippen molar-refractivity contribution in [3.05, 3.63) is 35.9 Å². The van der Waals surface area contributed by atoms with Gasteiger partial charge in [0.25, 0.3) is 0 Å². The summed E-state index contributed by atoms with van der Waals surface area (Å²) in [6, 6.07) is 10.4. The maximum atomic E-state index is 12.4. The van der Waals surface area contributed by atoms with Crippen molar-refractivity contribution >= 4 is 17.7 Å². The number of nitrogens with one attached hydrogen (secondary N) is 1. The number of rotatable bonds is 5. The molecule has 1 saturated heterocycles. The first kappa shape index (κ1) is 14.4. The van der Waals surface area contributed by atoms with Crippen LogP contribution in [0.5, 0.6) is 0 Å². The molecule has 1 aliphatic heterocycles. The third-order valence-electron chi connectivity index (χ3n) is 3.29. The minimum absolute atomic E-state index is 0.235. The van der Waals surface area contributed by atoms with E-state index in [4.69, 9.17) is 0 Å². The second-order valence-electron chi connectivity index (χ2n) is 5.12. The molecular weight excluding hydrogens is 256 g/mol. The van der Waals surface area contributed by atoms with Crippen LogP contribution in [0.4, 0.5) is 0 Å². The van der Waals surface area contributed by atoms with Crippen molar-refractivity contribution in [2.75, 3.05) is 12.3 Å². The molecule has 0 spiro atoms. The summed E-state index contributed by atoms with van der Waals surface area (Å²) < 4.78 is 0. The van der Waals surface area contributed by atoms with E-state index < -0.39 is 0 Å². The molecule has 0 aromatic heterocycles. The Morgan fingerprint density at radius 3 is 2.74 bits per heavy atom. The zero-order valence-corrected chi connectivity index (χ0v) is 12.5.